The van der Waals surface area contributed by atoms with Gasteiger partial charge >= 0.3 is 0 Å². The summed E-state index contributed by atoms with van der Waals surface area (Å²) in [5.74, 6) is 0.613. The molecule has 1 aromatic rings. The van der Waals surface area contributed by atoms with E-state index in [0.717, 1.165) is 0 Å². The summed E-state index contributed by atoms with van der Waals surface area (Å²) in [5.41, 5.74) is 6.03. The Morgan fingerprint density at radius 2 is 2.09 bits per heavy atom. The van der Waals surface area contributed by atoms with Gasteiger partial charge in [-0.15, -0.1) is 0 Å². The zero-order valence-corrected chi connectivity index (χ0v) is 6.35. The third-order valence-corrected chi connectivity index (χ3v) is 1.62. The van der Waals surface area contributed by atoms with E-state index >= 15 is 0 Å². The van der Waals surface area contributed by atoms with E-state index in [4.69, 9.17) is 22.1 Å². The average Bonchev–Trinajstić information content (AvgIpc) is 1.95. The fourth-order valence-corrected chi connectivity index (χ4v) is 0.889. The minimum absolute atomic E-state index is 0. The van der Waals surface area contributed by atoms with Crippen LogP contribution in [-0.4, -0.2) is 7.11 Å². The highest BCUT2D eigenvalue weighted by Crippen LogP contribution is 2.28. The highest BCUT2D eigenvalue weighted by atomic mass is 35.5. The molecule has 3 heteroatoms. The number of hydrogen-bond acceptors (Lipinski definition) is 2. The largest absolute Gasteiger partial charge is 0.495 e. The number of methoxy groups -OCH3 is 1. The normalized spacial score (nSPS) is 8.55. The van der Waals surface area contributed by atoms with Gasteiger partial charge in [0.25, 0.3) is 0 Å². The van der Waals surface area contributed by atoms with Crippen molar-refractivity contribution in [2.45, 2.75) is 7.43 Å². The van der Waals surface area contributed by atoms with Crippen molar-refractivity contribution in [1.82, 2.24) is 0 Å². The van der Waals surface area contributed by atoms with Crippen LogP contribution in [0.25, 0.3) is 0 Å². The zero-order valence-electron chi connectivity index (χ0n) is 5.60. The molecule has 0 saturated heterocycles. The van der Waals surface area contributed by atoms with Crippen LogP contribution in [-0.2, 0) is 0 Å². The molecule has 1 aromatic carbocycles. The van der Waals surface area contributed by atoms with Crippen molar-refractivity contribution >= 4 is 17.3 Å². The first-order valence-electron chi connectivity index (χ1n) is 2.83. The van der Waals surface area contributed by atoms with Crippen LogP contribution in [0.2, 0.25) is 5.02 Å². The smallest absolute Gasteiger partial charge is 0.139 e. The van der Waals surface area contributed by atoms with Crippen molar-refractivity contribution in [3.05, 3.63) is 23.2 Å². The predicted molar refractivity (Wildman–Crippen MR) is 49.1 cm³/mol. The van der Waals surface area contributed by atoms with Crippen LogP contribution in [0.15, 0.2) is 18.2 Å². The molecule has 0 bridgehead atoms. The summed E-state index contributed by atoms with van der Waals surface area (Å²) in [6.07, 6.45) is 0. The van der Waals surface area contributed by atoms with Crippen LogP contribution in [0, 0.1) is 0 Å². The van der Waals surface area contributed by atoms with Crippen molar-refractivity contribution in [3.8, 4) is 5.75 Å². The molecule has 0 saturated carbocycles. The molecule has 62 valence electrons. The molecule has 0 radical (unpaired) electrons. The standard InChI is InChI=1S/C7H8ClNO.CH4/c1-10-6-4-2-3-5(9)7(6)8;/h2-4H,9H2,1H3;1H4. The molecule has 0 aromatic heterocycles. The van der Waals surface area contributed by atoms with Gasteiger partial charge in [-0.25, -0.2) is 0 Å². The summed E-state index contributed by atoms with van der Waals surface area (Å²) in [5, 5.41) is 0.477. The number of nitrogens with two attached hydrogens (primary N) is 1. The van der Waals surface area contributed by atoms with Gasteiger partial charge in [-0.1, -0.05) is 25.1 Å². The summed E-state index contributed by atoms with van der Waals surface area (Å²) in [6.45, 7) is 0. The minimum Gasteiger partial charge on any atom is -0.495 e. The van der Waals surface area contributed by atoms with Crippen LogP contribution < -0.4 is 10.5 Å². The van der Waals surface area contributed by atoms with E-state index in [0.29, 0.717) is 16.5 Å². The van der Waals surface area contributed by atoms with Crippen molar-refractivity contribution in [2.24, 2.45) is 0 Å². The lowest BCUT2D eigenvalue weighted by Crippen LogP contribution is -1.89. The second-order valence-electron chi connectivity index (χ2n) is 1.86. The molecule has 0 aliphatic carbocycles. The topological polar surface area (TPSA) is 35.2 Å². The van der Waals surface area contributed by atoms with Crippen molar-refractivity contribution in [1.29, 1.82) is 0 Å². The van der Waals surface area contributed by atoms with Gasteiger partial charge in [-0.2, -0.15) is 0 Å². The number of nitrogen functional groups attached to an aromatic ring is 1. The fraction of sp³-hybridized carbons (Fsp3) is 0.250. The van der Waals surface area contributed by atoms with Crippen LogP contribution >= 0.6 is 11.6 Å². The molecule has 0 amide bonds. The maximum absolute atomic E-state index is 5.74. The maximum atomic E-state index is 5.74. The highest BCUT2D eigenvalue weighted by molar-refractivity contribution is 6.34. The Morgan fingerprint density at radius 3 is 2.55 bits per heavy atom. The van der Waals surface area contributed by atoms with Gasteiger partial charge in [-0.05, 0) is 12.1 Å². The Kier molecular flexibility index (Phi) is 3.76. The third kappa shape index (κ3) is 2.02. The van der Waals surface area contributed by atoms with E-state index in [2.05, 4.69) is 0 Å². The molecule has 0 heterocycles. The van der Waals surface area contributed by atoms with Gasteiger partial charge in [-0.3, -0.25) is 0 Å². The van der Waals surface area contributed by atoms with Gasteiger partial charge in [0.2, 0.25) is 0 Å². The second-order valence-corrected chi connectivity index (χ2v) is 2.24. The first kappa shape index (κ1) is 10.1. The van der Waals surface area contributed by atoms with E-state index in [9.17, 15) is 0 Å². The molecular formula is C8H12ClNO. The van der Waals surface area contributed by atoms with Crippen LogP contribution in [0.5, 0.6) is 5.75 Å². The fourth-order valence-electron chi connectivity index (χ4n) is 0.685. The molecule has 2 N–H and O–H groups in total. The number of ether oxygens (including phenoxy) is 1. The van der Waals surface area contributed by atoms with Gasteiger partial charge in [0.15, 0.2) is 0 Å². The minimum atomic E-state index is 0. The first-order valence-corrected chi connectivity index (χ1v) is 3.21. The number of hydrogen-bond donors (Lipinski definition) is 1. The summed E-state index contributed by atoms with van der Waals surface area (Å²) in [7, 11) is 1.56. The molecule has 0 aliphatic rings. The summed E-state index contributed by atoms with van der Waals surface area (Å²) >= 11 is 5.74. The highest BCUT2D eigenvalue weighted by Gasteiger charge is 2.00. The Balaban J connectivity index is 0.000001000. The molecule has 0 unspecified atom stereocenters. The van der Waals surface area contributed by atoms with Crippen LogP contribution in [0.4, 0.5) is 5.69 Å². The monoisotopic (exact) mass is 173 g/mol. The first-order chi connectivity index (χ1) is 4.75. The maximum Gasteiger partial charge on any atom is 0.139 e. The molecule has 11 heavy (non-hydrogen) atoms. The zero-order chi connectivity index (χ0) is 7.56. The van der Waals surface area contributed by atoms with Gasteiger partial charge in [0, 0.05) is 0 Å². The van der Waals surface area contributed by atoms with Crippen LogP contribution in [0.3, 0.4) is 0 Å². The molecular weight excluding hydrogens is 162 g/mol. The van der Waals surface area contributed by atoms with Crippen molar-refractivity contribution in [3.63, 3.8) is 0 Å². The van der Waals surface area contributed by atoms with Crippen LogP contribution in [0.1, 0.15) is 7.43 Å². The predicted octanol–water partition coefficient (Wildman–Crippen LogP) is 2.57. The lowest BCUT2D eigenvalue weighted by molar-refractivity contribution is 0.415. The number of halogens is 1. The van der Waals surface area contributed by atoms with Gasteiger partial charge < -0.3 is 10.5 Å². The average molecular weight is 174 g/mol. The van der Waals surface area contributed by atoms with Gasteiger partial charge in [0.1, 0.15) is 10.8 Å². The lowest BCUT2D eigenvalue weighted by atomic mass is 10.3. The second kappa shape index (κ2) is 4.09. The van der Waals surface area contributed by atoms with E-state index in [1.165, 1.54) is 0 Å². The quantitative estimate of drug-likeness (QED) is 0.663. The van der Waals surface area contributed by atoms with Gasteiger partial charge in [0.05, 0.1) is 12.8 Å². The van der Waals surface area contributed by atoms with E-state index in [1.807, 2.05) is 0 Å². The van der Waals surface area contributed by atoms with Crippen molar-refractivity contribution < 1.29 is 4.74 Å². The molecule has 0 atom stereocenters. The van der Waals surface area contributed by atoms with E-state index < -0.39 is 0 Å². The molecule has 2 nitrogen and oxygen atoms in total. The SMILES string of the molecule is C.COc1cccc(N)c1Cl. The van der Waals surface area contributed by atoms with E-state index in [-0.39, 0.29) is 7.43 Å². The number of benzene rings is 1. The number of rotatable bonds is 1. The molecule has 0 spiro atoms. The third-order valence-electron chi connectivity index (χ3n) is 1.21. The van der Waals surface area contributed by atoms with Crippen molar-refractivity contribution in [2.75, 3.05) is 12.8 Å². The summed E-state index contributed by atoms with van der Waals surface area (Å²) in [4.78, 5) is 0. The van der Waals surface area contributed by atoms with E-state index in [1.54, 1.807) is 25.3 Å². The lowest BCUT2D eigenvalue weighted by Gasteiger charge is -2.03. The Bertz CT molecular complexity index is 238. The Labute approximate surface area is 71.9 Å². The molecule has 1 rings (SSSR count). The molecule has 0 fully saturated rings. The number of anilines is 1. The molecule has 0 aliphatic heterocycles. The summed E-state index contributed by atoms with van der Waals surface area (Å²) < 4.78 is 4.91. The summed E-state index contributed by atoms with van der Waals surface area (Å²) in [6, 6.07) is 5.28. The Morgan fingerprint density at radius 1 is 1.45 bits per heavy atom. The Hall–Kier alpha value is -0.890.